The molecule has 0 radical (unpaired) electrons. The van der Waals surface area contributed by atoms with Gasteiger partial charge < -0.3 is 10.0 Å². The van der Waals surface area contributed by atoms with Crippen molar-refractivity contribution >= 4 is 23.4 Å². The molecule has 2 atom stereocenters. The number of likely N-dealkylation sites (tertiary alicyclic amines) is 1. The normalized spacial score (nSPS) is 18.6. The van der Waals surface area contributed by atoms with Crippen molar-refractivity contribution < 1.29 is 29.1 Å². The number of amides is 2. The number of hydroxylamine groups is 1. The first-order valence-corrected chi connectivity index (χ1v) is 10.4. The maximum Gasteiger partial charge on any atom is 0.296 e. The van der Waals surface area contributed by atoms with Gasteiger partial charge in [0.25, 0.3) is 17.6 Å². The molecule has 8 heteroatoms. The predicted octanol–water partition coefficient (Wildman–Crippen LogP) is 3.62. The third-order valence-electron chi connectivity index (χ3n) is 5.58. The number of hydrogen-bond acceptors (Lipinski definition) is 5. The quantitative estimate of drug-likeness (QED) is 0.200. The molecule has 0 aromatic heterocycles. The number of aliphatic hydroxyl groups is 1. The van der Waals surface area contributed by atoms with E-state index in [0.29, 0.717) is 12.8 Å². The van der Waals surface area contributed by atoms with Gasteiger partial charge in [0.1, 0.15) is 17.6 Å². The van der Waals surface area contributed by atoms with E-state index in [4.69, 9.17) is 0 Å². The van der Waals surface area contributed by atoms with Crippen LogP contribution in [0, 0.1) is 12.7 Å². The van der Waals surface area contributed by atoms with E-state index in [1.54, 1.807) is 24.3 Å². The average Bonchev–Trinajstić information content (AvgIpc) is 3.04. The standard InChI is InChI=1S/C24H25FN2O5/c1-3-4-9-18(23(30)26-32)27-20(16-7-5-6-8-17(16)25)19(22(29)24(27)31)21(28)15-12-10-14(2)11-13-15/h5-8,10-13,18,20,28,32H,3-4,9H2,1-2H3,(H,26,30)/b21-19+. The topological polar surface area (TPSA) is 107 Å². The van der Waals surface area contributed by atoms with E-state index in [1.165, 1.54) is 29.7 Å². The van der Waals surface area contributed by atoms with E-state index in [2.05, 4.69) is 0 Å². The molecular weight excluding hydrogens is 415 g/mol. The number of benzene rings is 2. The van der Waals surface area contributed by atoms with Crippen LogP contribution in [0.4, 0.5) is 4.39 Å². The van der Waals surface area contributed by atoms with Gasteiger partial charge in [-0.05, 0) is 19.4 Å². The Morgan fingerprint density at radius 2 is 1.81 bits per heavy atom. The SMILES string of the molecule is CCCCC(C(=O)NO)N1C(=O)C(=O)/C(=C(/O)c2ccc(C)cc2)C1c1ccccc1F. The summed E-state index contributed by atoms with van der Waals surface area (Å²) in [6.07, 6.45) is 1.35. The fourth-order valence-corrected chi connectivity index (χ4v) is 3.91. The Kier molecular flexibility index (Phi) is 7.05. The average molecular weight is 440 g/mol. The molecule has 0 spiro atoms. The van der Waals surface area contributed by atoms with Crippen molar-refractivity contribution in [1.82, 2.24) is 10.4 Å². The van der Waals surface area contributed by atoms with Crippen LogP contribution < -0.4 is 5.48 Å². The maximum absolute atomic E-state index is 14.9. The molecule has 1 aliphatic rings. The molecule has 1 fully saturated rings. The number of hydrogen-bond donors (Lipinski definition) is 3. The highest BCUT2D eigenvalue weighted by Crippen LogP contribution is 2.42. The highest BCUT2D eigenvalue weighted by molar-refractivity contribution is 6.47. The molecule has 0 saturated carbocycles. The minimum absolute atomic E-state index is 0.0346. The van der Waals surface area contributed by atoms with E-state index in [-0.39, 0.29) is 23.1 Å². The summed E-state index contributed by atoms with van der Waals surface area (Å²) in [4.78, 5) is 39.6. The Hall–Kier alpha value is -3.52. The van der Waals surface area contributed by atoms with Crippen LogP contribution in [0.5, 0.6) is 0 Å². The summed E-state index contributed by atoms with van der Waals surface area (Å²) in [6, 6.07) is 9.64. The molecule has 2 aromatic rings. The second-order valence-electron chi connectivity index (χ2n) is 7.73. The molecule has 32 heavy (non-hydrogen) atoms. The zero-order valence-electron chi connectivity index (χ0n) is 17.8. The number of unbranched alkanes of at least 4 members (excludes halogenated alkanes) is 1. The molecule has 2 unspecified atom stereocenters. The number of halogens is 1. The minimum atomic E-state index is -1.34. The fourth-order valence-electron chi connectivity index (χ4n) is 3.91. The third kappa shape index (κ3) is 4.27. The van der Waals surface area contributed by atoms with Crippen LogP contribution in [-0.2, 0) is 14.4 Å². The van der Waals surface area contributed by atoms with E-state index < -0.39 is 41.3 Å². The summed E-state index contributed by atoms with van der Waals surface area (Å²) in [7, 11) is 0. The summed E-state index contributed by atoms with van der Waals surface area (Å²) < 4.78 is 14.9. The van der Waals surface area contributed by atoms with Gasteiger partial charge in [-0.2, -0.15) is 0 Å². The molecule has 1 saturated heterocycles. The van der Waals surface area contributed by atoms with Crippen molar-refractivity contribution in [3.05, 3.63) is 76.6 Å². The van der Waals surface area contributed by atoms with Gasteiger partial charge >= 0.3 is 0 Å². The molecule has 2 amide bonds. The lowest BCUT2D eigenvalue weighted by Crippen LogP contribution is -2.48. The lowest BCUT2D eigenvalue weighted by Gasteiger charge is -2.32. The number of ketones is 1. The zero-order chi connectivity index (χ0) is 23.4. The van der Waals surface area contributed by atoms with Gasteiger partial charge in [0.2, 0.25) is 0 Å². The first kappa shape index (κ1) is 23.1. The Balaban J connectivity index is 2.25. The molecule has 0 bridgehead atoms. The van der Waals surface area contributed by atoms with Gasteiger partial charge in [-0.15, -0.1) is 0 Å². The van der Waals surface area contributed by atoms with Gasteiger partial charge in [-0.3, -0.25) is 19.6 Å². The number of nitrogens with one attached hydrogen (secondary N) is 1. The van der Waals surface area contributed by atoms with Crippen molar-refractivity contribution in [3.8, 4) is 0 Å². The molecule has 168 valence electrons. The molecule has 3 N–H and O–H groups in total. The number of carbonyl (C=O) groups is 3. The third-order valence-corrected chi connectivity index (χ3v) is 5.58. The molecule has 2 aromatic carbocycles. The molecule has 0 aliphatic carbocycles. The van der Waals surface area contributed by atoms with Crippen LogP contribution in [-0.4, -0.2) is 38.9 Å². The highest BCUT2D eigenvalue weighted by atomic mass is 19.1. The van der Waals surface area contributed by atoms with Crippen molar-refractivity contribution in [3.63, 3.8) is 0 Å². The van der Waals surface area contributed by atoms with Crippen molar-refractivity contribution in [1.29, 1.82) is 0 Å². The predicted molar refractivity (Wildman–Crippen MR) is 115 cm³/mol. The minimum Gasteiger partial charge on any atom is -0.507 e. The zero-order valence-corrected chi connectivity index (χ0v) is 17.8. The van der Waals surface area contributed by atoms with Crippen LogP contribution in [0.15, 0.2) is 54.1 Å². The molecule has 1 aliphatic heterocycles. The smallest absolute Gasteiger partial charge is 0.296 e. The van der Waals surface area contributed by atoms with E-state index in [1.807, 2.05) is 13.8 Å². The van der Waals surface area contributed by atoms with Gasteiger partial charge in [0.05, 0.1) is 11.6 Å². The number of rotatable bonds is 7. The van der Waals surface area contributed by atoms with Crippen LogP contribution in [0.3, 0.4) is 0 Å². The van der Waals surface area contributed by atoms with E-state index in [9.17, 15) is 29.1 Å². The number of Topliss-reactive ketones (excluding diaryl/α,β-unsaturated/α-hetero) is 1. The van der Waals surface area contributed by atoms with Crippen LogP contribution in [0.1, 0.15) is 48.9 Å². The number of carbonyl (C=O) groups excluding carboxylic acids is 3. The number of nitrogens with zero attached hydrogens (tertiary/aromatic N) is 1. The largest absolute Gasteiger partial charge is 0.507 e. The number of aryl methyl sites for hydroxylation is 1. The second kappa shape index (κ2) is 9.74. The summed E-state index contributed by atoms with van der Waals surface area (Å²) in [6.45, 7) is 3.74. The Morgan fingerprint density at radius 1 is 1.16 bits per heavy atom. The van der Waals surface area contributed by atoms with Crippen molar-refractivity contribution in [2.24, 2.45) is 0 Å². The van der Waals surface area contributed by atoms with Gasteiger partial charge in [0.15, 0.2) is 0 Å². The monoisotopic (exact) mass is 440 g/mol. The van der Waals surface area contributed by atoms with E-state index >= 15 is 0 Å². The molecule has 3 rings (SSSR count). The summed E-state index contributed by atoms with van der Waals surface area (Å²) >= 11 is 0. The van der Waals surface area contributed by atoms with Crippen molar-refractivity contribution in [2.45, 2.75) is 45.2 Å². The molecular formula is C24H25FN2O5. The van der Waals surface area contributed by atoms with Gasteiger partial charge in [-0.1, -0.05) is 67.8 Å². The summed E-state index contributed by atoms with van der Waals surface area (Å²) in [5.74, 6) is -4.12. The van der Waals surface area contributed by atoms with E-state index in [0.717, 1.165) is 10.5 Å². The first-order valence-electron chi connectivity index (χ1n) is 10.4. The van der Waals surface area contributed by atoms with Crippen LogP contribution in [0.25, 0.3) is 5.76 Å². The summed E-state index contributed by atoms with van der Waals surface area (Å²) in [5, 5.41) is 20.3. The van der Waals surface area contributed by atoms with Crippen LogP contribution in [0.2, 0.25) is 0 Å². The number of aliphatic hydroxyl groups excluding tert-OH is 1. The Labute approximate surface area is 185 Å². The lowest BCUT2D eigenvalue weighted by molar-refractivity contribution is -0.147. The van der Waals surface area contributed by atoms with Crippen molar-refractivity contribution in [2.75, 3.05) is 0 Å². The lowest BCUT2D eigenvalue weighted by atomic mass is 9.93. The van der Waals surface area contributed by atoms with Gasteiger partial charge in [-0.25, -0.2) is 9.87 Å². The van der Waals surface area contributed by atoms with Gasteiger partial charge in [0, 0.05) is 11.1 Å². The second-order valence-corrected chi connectivity index (χ2v) is 7.73. The highest BCUT2D eigenvalue weighted by Gasteiger charge is 2.51. The fraction of sp³-hybridized carbons (Fsp3) is 0.292. The summed E-state index contributed by atoms with van der Waals surface area (Å²) in [5.41, 5.74) is 2.40. The Bertz CT molecular complexity index is 1060. The first-order chi connectivity index (χ1) is 15.3. The molecule has 7 nitrogen and oxygen atoms in total. The maximum atomic E-state index is 14.9. The Morgan fingerprint density at radius 3 is 2.41 bits per heavy atom. The van der Waals surface area contributed by atoms with Crippen LogP contribution >= 0.6 is 0 Å². The molecule has 1 heterocycles.